The van der Waals surface area contributed by atoms with Crippen LogP contribution in [0, 0.1) is 5.92 Å². The number of hydrogen-bond acceptors (Lipinski definition) is 15. The highest BCUT2D eigenvalue weighted by atomic mass is 31.2. The van der Waals surface area contributed by atoms with E-state index < -0.39 is 97.5 Å². The zero-order chi connectivity index (χ0) is 67.7. The summed E-state index contributed by atoms with van der Waals surface area (Å²) in [6, 6.07) is 0. The molecule has 0 aliphatic heterocycles. The lowest BCUT2D eigenvalue weighted by Crippen LogP contribution is -2.30. The van der Waals surface area contributed by atoms with Gasteiger partial charge < -0.3 is 33.8 Å². The summed E-state index contributed by atoms with van der Waals surface area (Å²) in [7, 11) is -9.89. The number of hydrogen-bond donors (Lipinski definition) is 3. The van der Waals surface area contributed by atoms with Crippen molar-refractivity contribution in [2.24, 2.45) is 5.92 Å². The zero-order valence-corrected chi connectivity index (χ0v) is 61.5. The van der Waals surface area contributed by atoms with Crippen LogP contribution in [-0.4, -0.2) is 96.7 Å². The van der Waals surface area contributed by atoms with Gasteiger partial charge in [0.15, 0.2) is 12.2 Å². The molecule has 3 N–H and O–H groups in total. The maximum absolute atomic E-state index is 13.1. The fraction of sp³-hybridized carbons (Fsp3) is 0.945. The molecule has 0 aliphatic rings. The number of phosphoric acid groups is 2. The summed E-state index contributed by atoms with van der Waals surface area (Å²) in [6.07, 6.45) is 54.6. The predicted molar refractivity (Wildman–Crippen MR) is 372 cm³/mol. The molecule has 0 aromatic rings. The molecule has 0 radical (unpaired) electrons. The normalized spacial score (nSPS) is 14.0. The van der Waals surface area contributed by atoms with E-state index in [4.69, 9.17) is 37.0 Å². The Labute approximate surface area is 562 Å². The number of carbonyl (C=O) groups is 4. The van der Waals surface area contributed by atoms with E-state index in [-0.39, 0.29) is 25.7 Å². The Balaban J connectivity index is 5.13. The number of rotatable bonds is 73. The van der Waals surface area contributed by atoms with Gasteiger partial charge in [0.2, 0.25) is 0 Å². The van der Waals surface area contributed by atoms with Gasteiger partial charge in [-0.2, -0.15) is 0 Å². The van der Waals surface area contributed by atoms with Crippen molar-refractivity contribution in [1.82, 2.24) is 0 Å². The van der Waals surface area contributed by atoms with E-state index in [1.54, 1.807) is 0 Å². The lowest BCUT2D eigenvalue weighted by molar-refractivity contribution is -0.161. The molecule has 17 nitrogen and oxygen atoms in total. The Bertz CT molecular complexity index is 1770. The Kier molecular flexibility index (Phi) is 64.9. The van der Waals surface area contributed by atoms with Crippen molar-refractivity contribution in [1.29, 1.82) is 0 Å². The molecule has 0 bridgehead atoms. The lowest BCUT2D eigenvalue weighted by atomic mass is 10.0. The van der Waals surface area contributed by atoms with E-state index in [2.05, 4.69) is 34.6 Å². The molecule has 5 atom stereocenters. The van der Waals surface area contributed by atoms with Crippen LogP contribution >= 0.6 is 15.6 Å². The third kappa shape index (κ3) is 66.7. The van der Waals surface area contributed by atoms with E-state index in [1.807, 2.05) is 0 Å². The minimum atomic E-state index is -4.95. The quantitative estimate of drug-likeness (QED) is 0.0222. The van der Waals surface area contributed by atoms with Crippen LogP contribution in [0.4, 0.5) is 0 Å². The lowest BCUT2D eigenvalue weighted by Gasteiger charge is -2.21. The average molecular weight is 1350 g/mol. The van der Waals surface area contributed by atoms with Gasteiger partial charge in [-0.25, -0.2) is 9.13 Å². The molecule has 19 heteroatoms. The molecular weight excluding hydrogens is 1210 g/mol. The second kappa shape index (κ2) is 66.3. The molecule has 0 saturated heterocycles. The molecule has 0 aliphatic carbocycles. The Morgan fingerprint density at radius 2 is 0.500 bits per heavy atom. The number of aliphatic hydroxyl groups is 1. The minimum absolute atomic E-state index is 0.106. The second-order valence-electron chi connectivity index (χ2n) is 26.8. The van der Waals surface area contributed by atoms with Gasteiger partial charge in [-0.1, -0.05) is 330 Å². The van der Waals surface area contributed by atoms with Crippen LogP contribution in [0.5, 0.6) is 0 Å². The van der Waals surface area contributed by atoms with Crippen LogP contribution in [0.15, 0.2) is 0 Å². The van der Waals surface area contributed by atoms with Gasteiger partial charge in [0.05, 0.1) is 26.4 Å². The molecule has 0 saturated carbocycles. The standard InChI is InChI=1S/C73H142O17P2/c1-6-9-12-15-17-19-21-22-23-24-25-26-27-28-31-36-40-44-49-54-59-73(78)90-69(63-84-71(76)57-52-47-42-38-35-32-29-30-34-37-41-46-50-55-66(4)5)65-88-92(81,82)86-61-67(74)60-85-91(79,80)87-64-68(62-83-70(75)56-51-45-14-11-8-3)89-72(77)58-53-48-43-39-33-20-18-16-13-10-7-2/h66-69,74H,6-65H2,1-5H3,(H,79,80)(H,81,82)/t67-,68+,69+/m0/s1. The van der Waals surface area contributed by atoms with Crippen molar-refractivity contribution in [2.75, 3.05) is 39.6 Å². The molecule has 0 rings (SSSR count). The van der Waals surface area contributed by atoms with Crippen molar-refractivity contribution in [3.05, 3.63) is 0 Å². The smallest absolute Gasteiger partial charge is 0.462 e. The molecule has 0 amide bonds. The number of ether oxygens (including phenoxy) is 4. The maximum Gasteiger partial charge on any atom is 0.472 e. The molecule has 0 heterocycles. The number of unbranched alkanes of at least 4 members (excludes halogenated alkanes) is 45. The van der Waals surface area contributed by atoms with Crippen molar-refractivity contribution in [2.45, 2.75) is 400 Å². The van der Waals surface area contributed by atoms with Gasteiger partial charge in [0, 0.05) is 25.7 Å². The summed E-state index contributed by atoms with van der Waals surface area (Å²) in [5.41, 5.74) is 0. The van der Waals surface area contributed by atoms with Gasteiger partial charge in [0.1, 0.15) is 19.3 Å². The molecule has 0 aromatic carbocycles. The molecule has 0 fully saturated rings. The first-order valence-electron chi connectivity index (χ1n) is 38.1. The third-order valence-corrected chi connectivity index (χ3v) is 18.9. The highest BCUT2D eigenvalue weighted by molar-refractivity contribution is 7.47. The fourth-order valence-electron chi connectivity index (χ4n) is 11.2. The van der Waals surface area contributed by atoms with Gasteiger partial charge in [-0.05, 0) is 31.6 Å². The van der Waals surface area contributed by atoms with E-state index in [9.17, 15) is 43.2 Å². The van der Waals surface area contributed by atoms with E-state index in [0.29, 0.717) is 25.7 Å². The van der Waals surface area contributed by atoms with E-state index in [0.717, 1.165) is 102 Å². The summed E-state index contributed by atoms with van der Waals surface area (Å²) < 4.78 is 68.2. The summed E-state index contributed by atoms with van der Waals surface area (Å²) in [5, 5.41) is 10.6. The first-order chi connectivity index (χ1) is 44.5. The number of phosphoric ester groups is 2. The molecule has 546 valence electrons. The van der Waals surface area contributed by atoms with Crippen molar-refractivity contribution in [3.63, 3.8) is 0 Å². The molecule has 92 heavy (non-hydrogen) atoms. The molecule has 0 spiro atoms. The SMILES string of the molecule is CCCCCCCCCCCCCCCCCCCCCCC(=O)O[C@H](COC(=O)CCCCCCCCCCCCCCCC(C)C)COP(=O)(O)OC[C@@H](O)COP(=O)(O)OC[C@@H](COC(=O)CCCCCCC)OC(=O)CCCCCCCCCCCCC. The van der Waals surface area contributed by atoms with Gasteiger partial charge >= 0.3 is 39.5 Å². The van der Waals surface area contributed by atoms with Gasteiger partial charge in [-0.15, -0.1) is 0 Å². The summed E-state index contributed by atoms with van der Waals surface area (Å²) in [4.78, 5) is 72.4. The summed E-state index contributed by atoms with van der Waals surface area (Å²) in [5.74, 6) is -1.34. The zero-order valence-electron chi connectivity index (χ0n) is 59.7. The van der Waals surface area contributed by atoms with Crippen LogP contribution in [0.25, 0.3) is 0 Å². The fourth-order valence-corrected chi connectivity index (χ4v) is 12.8. The maximum atomic E-state index is 13.1. The number of esters is 4. The predicted octanol–water partition coefficient (Wildman–Crippen LogP) is 21.3. The van der Waals surface area contributed by atoms with E-state index >= 15 is 0 Å². The molecule has 0 aromatic heterocycles. The highest BCUT2D eigenvalue weighted by Crippen LogP contribution is 2.45. The summed E-state index contributed by atoms with van der Waals surface area (Å²) in [6.45, 7) is 7.19. The monoisotopic (exact) mass is 1350 g/mol. The van der Waals surface area contributed by atoms with Crippen LogP contribution in [0.1, 0.15) is 381 Å². The number of aliphatic hydroxyl groups excluding tert-OH is 1. The second-order valence-corrected chi connectivity index (χ2v) is 29.7. The van der Waals surface area contributed by atoms with E-state index in [1.165, 1.54) is 199 Å². The molecule has 2 unspecified atom stereocenters. The largest absolute Gasteiger partial charge is 0.472 e. The Hall–Kier alpha value is -1.94. The molecular formula is C73H142O17P2. The third-order valence-electron chi connectivity index (χ3n) is 17.0. The van der Waals surface area contributed by atoms with Crippen LogP contribution < -0.4 is 0 Å². The average Bonchev–Trinajstić information content (AvgIpc) is 1.79. The number of carbonyl (C=O) groups excluding carboxylic acids is 4. The van der Waals surface area contributed by atoms with Gasteiger partial charge in [0.25, 0.3) is 0 Å². The first kappa shape index (κ1) is 90.1. The van der Waals surface area contributed by atoms with Crippen molar-refractivity contribution >= 4 is 39.5 Å². The van der Waals surface area contributed by atoms with Crippen LogP contribution in [-0.2, 0) is 65.4 Å². The van der Waals surface area contributed by atoms with Crippen molar-refractivity contribution < 1.29 is 80.2 Å². The Morgan fingerprint density at radius 1 is 0.293 bits per heavy atom. The van der Waals surface area contributed by atoms with Gasteiger partial charge in [-0.3, -0.25) is 37.3 Å². The van der Waals surface area contributed by atoms with Crippen molar-refractivity contribution in [3.8, 4) is 0 Å². The highest BCUT2D eigenvalue weighted by Gasteiger charge is 2.30. The van der Waals surface area contributed by atoms with Crippen LogP contribution in [0.2, 0.25) is 0 Å². The minimum Gasteiger partial charge on any atom is -0.462 e. The Morgan fingerprint density at radius 3 is 0.739 bits per heavy atom. The topological polar surface area (TPSA) is 237 Å². The first-order valence-corrected chi connectivity index (χ1v) is 41.1. The van der Waals surface area contributed by atoms with Crippen LogP contribution in [0.3, 0.4) is 0 Å². The summed E-state index contributed by atoms with van der Waals surface area (Å²) >= 11 is 0.